The molecule has 0 aliphatic rings. The molecule has 3 N–H and O–H groups in total. The molecular formula is C20H23N5O4. The van der Waals surface area contributed by atoms with Crippen LogP contribution in [0, 0.1) is 0 Å². The zero-order valence-electron chi connectivity index (χ0n) is 16.9. The summed E-state index contributed by atoms with van der Waals surface area (Å²) in [4.78, 5) is 42.4. The van der Waals surface area contributed by atoms with Crippen molar-refractivity contribution in [1.82, 2.24) is 14.1 Å². The number of aryl methyl sites for hydroxylation is 1. The number of nitrogens with two attached hydrogens (primary N) is 1. The molecule has 9 nitrogen and oxygen atoms in total. The smallest absolute Gasteiger partial charge is 0.332 e. The van der Waals surface area contributed by atoms with Crippen LogP contribution in [-0.2, 0) is 14.1 Å². The first-order chi connectivity index (χ1) is 13.7. The van der Waals surface area contributed by atoms with Crippen molar-refractivity contribution >= 4 is 28.4 Å². The highest BCUT2D eigenvalue weighted by Gasteiger charge is 2.25. The summed E-state index contributed by atoms with van der Waals surface area (Å²) in [5.41, 5.74) is 6.36. The average Bonchev–Trinajstić information content (AvgIpc) is 2.70. The molecule has 29 heavy (non-hydrogen) atoms. The van der Waals surface area contributed by atoms with Gasteiger partial charge in [0.25, 0.3) is 11.5 Å². The van der Waals surface area contributed by atoms with Gasteiger partial charge in [-0.3, -0.25) is 18.7 Å². The van der Waals surface area contributed by atoms with E-state index < -0.39 is 17.2 Å². The van der Waals surface area contributed by atoms with Crippen LogP contribution < -0.4 is 27.0 Å². The Morgan fingerprint density at radius 1 is 1.14 bits per heavy atom. The van der Waals surface area contributed by atoms with Crippen molar-refractivity contribution in [1.29, 1.82) is 0 Å². The molecule has 3 aromatic rings. The molecule has 2 heterocycles. The van der Waals surface area contributed by atoms with Gasteiger partial charge in [0.15, 0.2) is 5.65 Å². The molecule has 0 fully saturated rings. The predicted molar refractivity (Wildman–Crippen MR) is 112 cm³/mol. The second-order valence-corrected chi connectivity index (χ2v) is 7.03. The number of nitrogens with one attached hydrogen (secondary N) is 1. The minimum Gasteiger partial charge on any atom is -0.497 e. The third-order valence-corrected chi connectivity index (χ3v) is 4.81. The molecular weight excluding hydrogens is 374 g/mol. The maximum Gasteiger partial charge on any atom is 0.332 e. The maximum absolute atomic E-state index is 13.1. The first kappa shape index (κ1) is 20.1. The van der Waals surface area contributed by atoms with Crippen molar-refractivity contribution in [3.8, 4) is 5.75 Å². The van der Waals surface area contributed by atoms with Gasteiger partial charge in [-0.2, -0.15) is 0 Å². The van der Waals surface area contributed by atoms with Crippen LogP contribution in [-0.4, -0.2) is 27.1 Å². The lowest BCUT2D eigenvalue weighted by atomic mass is 9.94. The Morgan fingerprint density at radius 2 is 1.76 bits per heavy atom. The predicted octanol–water partition coefficient (Wildman–Crippen LogP) is 1.60. The monoisotopic (exact) mass is 397 g/mol. The Hall–Kier alpha value is -3.62. The van der Waals surface area contributed by atoms with Crippen LogP contribution in [0.2, 0.25) is 0 Å². The van der Waals surface area contributed by atoms with Gasteiger partial charge in [-0.15, -0.1) is 0 Å². The van der Waals surface area contributed by atoms with E-state index in [0.29, 0.717) is 17.0 Å². The first-order valence-corrected chi connectivity index (χ1v) is 9.01. The fourth-order valence-corrected chi connectivity index (χ4v) is 3.32. The van der Waals surface area contributed by atoms with Crippen molar-refractivity contribution in [3.63, 3.8) is 0 Å². The van der Waals surface area contributed by atoms with Gasteiger partial charge in [-0.25, -0.2) is 9.78 Å². The quantitative estimate of drug-likeness (QED) is 0.690. The summed E-state index contributed by atoms with van der Waals surface area (Å²) in [6.45, 7) is 3.70. The molecule has 0 spiro atoms. The minimum absolute atomic E-state index is 0.0459. The Morgan fingerprint density at radius 3 is 2.31 bits per heavy atom. The van der Waals surface area contributed by atoms with E-state index in [1.54, 1.807) is 31.4 Å². The van der Waals surface area contributed by atoms with Crippen LogP contribution in [0.5, 0.6) is 5.75 Å². The fourth-order valence-electron chi connectivity index (χ4n) is 3.32. The second kappa shape index (κ2) is 7.42. The van der Waals surface area contributed by atoms with Crippen LogP contribution in [0.3, 0.4) is 0 Å². The molecule has 0 atom stereocenters. The number of rotatable bonds is 4. The van der Waals surface area contributed by atoms with E-state index in [0.717, 1.165) is 4.57 Å². The lowest BCUT2D eigenvalue weighted by molar-refractivity contribution is 0.102. The van der Waals surface area contributed by atoms with Crippen LogP contribution in [0.4, 0.5) is 11.5 Å². The van der Waals surface area contributed by atoms with Gasteiger partial charge in [-0.1, -0.05) is 13.8 Å². The number of anilines is 2. The third kappa shape index (κ3) is 3.35. The number of fused-ring (bicyclic) bond motifs is 1. The van der Waals surface area contributed by atoms with Gasteiger partial charge in [0, 0.05) is 19.8 Å². The first-order valence-electron chi connectivity index (χ1n) is 9.01. The van der Waals surface area contributed by atoms with E-state index in [1.165, 1.54) is 18.7 Å². The molecule has 9 heteroatoms. The fraction of sp³-hybridized carbons (Fsp3) is 0.300. The Balaban J connectivity index is 2.25. The number of hydrogen-bond donors (Lipinski definition) is 2. The van der Waals surface area contributed by atoms with Gasteiger partial charge in [0.05, 0.1) is 18.1 Å². The number of amides is 1. The summed E-state index contributed by atoms with van der Waals surface area (Å²) in [6, 6.07) is 6.82. The van der Waals surface area contributed by atoms with Crippen LogP contribution in [0.1, 0.15) is 35.7 Å². The number of nitrogen functional groups attached to an aromatic ring is 1. The van der Waals surface area contributed by atoms with Crippen molar-refractivity contribution in [2.24, 2.45) is 14.1 Å². The molecule has 152 valence electrons. The number of pyridine rings is 1. The van der Waals surface area contributed by atoms with Crippen molar-refractivity contribution < 1.29 is 9.53 Å². The molecule has 2 aromatic heterocycles. The molecule has 0 unspecified atom stereocenters. The highest BCUT2D eigenvalue weighted by Crippen LogP contribution is 2.29. The topological polar surface area (TPSA) is 121 Å². The van der Waals surface area contributed by atoms with E-state index >= 15 is 0 Å². The molecule has 0 saturated heterocycles. The summed E-state index contributed by atoms with van der Waals surface area (Å²) in [6.07, 6.45) is 0. The van der Waals surface area contributed by atoms with Gasteiger partial charge in [0.1, 0.15) is 11.6 Å². The van der Waals surface area contributed by atoms with Crippen LogP contribution in [0.25, 0.3) is 11.0 Å². The number of aromatic nitrogens is 3. The van der Waals surface area contributed by atoms with E-state index in [4.69, 9.17) is 10.5 Å². The Bertz CT molecular complexity index is 1220. The number of ether oxygens (including phenoxy) is 1. The standard InChI is InChI=1S/C20H23N5O4/c1-10(2)13-14(18(26)22-11-6-8-12(29-5)9-7-11)16(21)23-17-15(13)19(27)25(4)20(28)24(17)3/h6-10H,1-5H3,(H2,21,23)(H,22,26). The number of carbonyl (C=O) groups excluding carboxylic acids is 1. The number of nitrogens with zero attached hydrogens (tertiary/aromatic N) is 3. The zero-order valence-corrected chi connectivity index (χ0v) is 16.9. The second-order valence-electron chi connectivity index (χ2n) is 7.03. The molecule has 1 aromatic carbocycles. The lowest BCUT2D eigenvalue weighted by Crippen LogP contribution is -2.38. The maximum atomic E-state index is 13.1. The SMILES string of the molecule is COc1ccc(NC(=O)c2c(N)nc3c(c2C(C)C)c(=O)n(C)c(=O)n3C)cc1. The normalized spacial score (nSPS) is 11.1. The van der Waals surface area contributed by atoms with E-state index in [2.05, 4.69) is 10.3 Å². The zero-order chi connectivity index (χ0) is 21.5. The van der Waals surface area contributed by atoms with E-state index in [1.807, 2.05) is 13.8 Å². The lowest BCUT2D eigenvalue weighted by Gasteiger charge is -2.18. The summed E-state index contributed by atoms with van der Waals surface area (Å²) >= 11 is 0. The minimum atomic E-state index is -0.516. The molecule has 0 bridgehead atoms. The summed E-state index contributed by atoms with van der Waals surface area (Å²) in [5.74, 6) is -0.0936. The van der Waals surface area contributed by atoms with Gasteiger partial charge in [-0.05, 0) is 35.7 Å². The largest absolute Gasteiger partial charge is 0.497 e. The van der Waals surface area contributed by atoms with E-state index in [-0.39, 0.29) is 28.3 Å². The van der Waals surface area contributed by atoms with Crippen LogP contribution >= 0.6 is 0 Å². The van der Waals surface area contributed by atoms with Crippen molar-refractivity contribution in [3.05, 3.63) is 56.2 Å². The number of hydrogen-bond acceptors (Lipinski definition) is 6. The average molecular weight is 397 g/mol. The van der Waals surface area contributed by atoms with Crippen LogP contribution in [0.15, 0.2) is 33.9 Å². The summed E-state index contributed by atoms with van der Waals surface area (Å²) in [7, 11) is 4.46. The Labute approximate surface area is 166 Å². The van der Waals surface area contributed by atoms with E-state index in [9.17, 15) is 14.4 Å². The number of methoxy groups -OCH3 is 1. The molecule has 3 rings (SSSR count). The Kier molecular flexibility index (Phi) is 5.15. The molecule has 0 radical (unpaired) electrons. The summed E-state index contributed by atoms with van der Waals surface area (Å²) in [5, 5.41) is 2.99. The highest BCUT2D eigenvalue weighted by molar-refractivity contribution is 6.11. The molecule has 0 aliphatic carbocycles. The molecule has 0 saturated carbocycles. The van der Waals surface area contributed by atoms with Crippen molar-refractivity contribution in [2.75, 3.05) is 18.2 Å². The van der Waals surface area contributed by atoms with Gasteiger partial charge >= 0.3 is 5.69 Å². The summed E-state index contributed by atoms with van der Waals surface area (Å²) < 4.78 is 7.37. The van der Waals surface area contributed by atoms with Gasteiger partial charge < -0.3 is 15.8 Å². The molecule has 1 amide bonds. The number of carbonyl (C=O) groups is 1. The van der Waals surface area contributed by atoms with Crippen molar-refractivity contribution in [2.45, 2.75) is 19.8 Å². The highest BCUT2D eigenvalue weighted by atomic mass is 16.5. The number of benzene rings is 1. The van der Waals surface area contributed by atoms with Gasteiger partial charge in [0.2, 0.25) is 0 Å². The third-order valence-electron chi connectivity index (χ3n) is 4.81. The molecule has 0 aliphatic heterocycles.